The molecule has 1 aromatic heterocycles. The van der Waals surface area contributed by atoms with E-state index in [0.717, 1.165) is 18.8 Å². The summed E-state index contributed by atoms with van der Waals surface area (Å²) in [5.74, 6) is 0.952. The molecule has 0 atom stereocenters. The van der Waals surface area contributed by atoms with Crippen LogP contribution in [0.2, 0.25) is 0 Å². The first kappa shape index (κ1) is 10.1. The van der Waals surface area contributed by atoms with Crippen LogP contribution in [0.4, 0.5) is 0 Å². The van der Waals surface area contributed by atoms with Crippen LogP contribution in [0.5, 0.6) is 5.75 Å². The first-order chi connectivity index (χ1) is 6.25. The van der Waals surface area contributed by atoms with Gasteiger partial charge in [0.05, 0.1) is 6.61 Å². The molecule has 0 aliphatic carbocycles. The van der Waals surface area contributed by atoms with Gasteiger partial charge in [-0.3, -0.25) is 0 Å². The normalized spacial score (nSPS) is 10.4. The summed E-state index contributed by atoms with van der Waals surface area (Å²) in [6.07, 6.45) is 2.83. The van der Waals surface area contributed by atoms with Gasteiger partial charge >= 0.3 is 0 Å². The van der Waals surface area contributed by atoms with Crippen molar-refractivity contribution in [3.8, 4) is 5.75 Å². The molecule has 1 aromatic rings. The smallest absolute Gasteiger partial charge is 0.139 e. The molecule has 0 unspecified atom stereocenters. The van der Waals surface area contributed by atoms with Crippen LogP contribution in [0.1, 0.15) is 17.7 Å². The minimum absolute atomic E-state index is 0.714. The molecule has 74 valence electrons. The van der Waals surface area contributed by atoms with E-state index >= 15 is 0 Å². The monoisotopic (exact) mass is 183 g/mol. The van der Waals surface area contributed by atoms with Crippen LogP contribution in [-0.4, -0.2) is 25.3 Å². The van der Waals surface area contributed by atoms with Crippen molar-refractivity contribution in [2.75, 3.05) is 20.3 Å². The number of nitrogens with one attached hydrogen (secondary N) is 1. The minimum atomic E-state index is 0.714. The molecule has 0 aromatic carbocycles. The second-order valence-electron chi connectivity index (χ2n) is 3.10. The molecule has 1 heterocycles. The maximum Gasteiger partial charge on any atom is 0.139 e. The van der Waals surface area contributed by atoms with Gasteiger partial charge in [-0.25, -0.2) is 0 Å². The van der Waals surface area contributed by atoms with Gasteiger partial charge in [-0.2, -0.15) is 0 Å². The molecule has 0 saturated heterocycles. The summed E-state index contributed by atoms with van der Waals surface area (Å²) in [6.45, 7) is 5.56. The lowest BCUT2D eigenvalue weighted by atomic mass is 10.3. The molecule has 3 heteroatoms. The quantitative estimate of drug-likeness (QED) is 0.709. The summed E-state index contributed by atoms with van der Waals surface area (Å²) in [4.78, 5) is 3.12. The van der Waals surface area contributed by atoms with Crippen molar-refractivity contribution in [3.63, 3.8) is 0 Å². The molecule has 0 saturated carbocycles. The summed E-state index contributed by atoms with van der Waals surface area (Å²) in [5, 5.41) is 0. The molecule has 1 N–H and O–H groups in total. The Balaban J connectivity index is 2.32. The number of aromatic nitrogens is 1. The summed E-state index contributed by atoms with van der Waals surface area (Å²) in [6, 6.07) is 0. The molecular weight excluding hydrogens is 166 g/mol. The average molecular weight is 183 g/mol. The lowest BCUT2D eigenvalue weighted by Crippen LogP contribution is -2.01. The molecule has 0 fully saturated rings. The summed E-state index contributed by atoms with van der Waals surface area (Å²) in [5.41, 5.74) is 2.36. The predicted molar refractivity (Wildman–Crippen MR) is 52.3 cm³/mol. The van der Waals surface area contributed by atoms with Gasteiger partial charge in [0.2, 0.25) is 0 Å². The number of methoxy groups -OCH3 is 1. The highest BCUT2D eigenvalue weighted by atomic mass is 16.5. The number of hydrogen-bond acceptors (Lipinski definition) is 2. The van der Waals surface area contributed by atoms with E-state index in [2.05, 4.69) is 11.9 Å². The van der Waals surface area contributed by atoms with Crippen molar-refractivity contribution in [2.24, 2.45) is 0 Å². The molecule has 0 aliphatic rings. The summed E-state index contributed by atoms with van der Waals surface area (Å²) in [7, 11) is 1.70. The Morgan fingerprint density at radius 1 is 1.31 bits per heavy atom. The third-order valence-electron chi connectivity index (χ3n) is 2.10. The number of aryl methyl sites for hydroxylation is 1. The Labute approximate surface area is 79.1 Å². The van der Waals surface area contributed by atoms with Crippen LogP contribution in [0.3, 0.4) is 0 Å². The van der Waals surface area contributed by atoms with Crippen LogP contribution >= 0.6 is 0 Å². The van der Waals surface area contributed by atoms with Crippen molar-refractivity contribution in [1.29, 1.82) is 0 Å². The fourth-order valence-corrected chi connectivity index (χ4v) is 1.11. The van der Waals surface area contributed by atoms with E-state index in [-0.39, 0.29) is 0 Å². The Kier molecular flexibility index (Phi) is 3.83. The first-order valence-corrected chi connectivity index (χ1v) is 4.52. The fraction of sp³-hybridized carbons (Fsp3) is 0.600. The van der Waals surface area contributed by atoms with Gasteiger partial charge in [0, 0.05) is 37.6 Å². The third-order valence-corrected chi connectivity index (χ3v) is 2.10. The molecule has 0 aliphatic heterocycles. The van der Waals surface area contributed by atoms with E-state index in [1.54, 1.807) is 7.11 Å². The van der Waals surface area contributed by atoms with Crippen LogP contribution < -0.4 is 4.74 Å². The van der Waals surface area contributed by atoms with Crippen molar-refractivity contribution in [3.05, 3.63) is 17.5 Å². The first-order valence-electron chi connectivity index (χ1n) is 4.52. The van der Waals surface area contributed by atoms with Crippen LogP contribution in [0.25, 0.3) is 0 Å². The lowest BCUT2D eigenvalue weighted by Gasteiger charge is -2.04. The fourth-order valence-electron chi connectivity index (χ4n) is 1.11. The number of H-pyrrole nitrogens is 1. The van der Waals surface area contributed by atoms with Crippen molar-refractivity contribution in [2.45, 2.75) is 20.3 Å². The number of hydrogen-bond donors (Lipinski definition) is 1. The molecule has 0 amide bonds. The number of rotatable bonds is 5. The number of aromatic amines is 1. The molecule has 0 bridgehead atoms. The summed E-state index contributed by atoms with van der Waals surface area (Å²) < 4.78 is 10.5. The predicted octanol–water partition coefficient (Wildman–Crippen LogP) is 2.05. The van der Waals surface area contributed by atoms with Crippen molar-refractivity contribution >= 4 is 0 Å². The largest absolute Gasteiger partial charge is 0.492 e. The molecular formula is C10H17NO2. The second-order valence-corrected chi connectivity index (χ2v) is 3.10. The third kappa shape index (κ3) is 2.77. The standard InChI is InChI=1S/C10H17NO2/c1-8-9(2)11-7-10(8)13-6-4-5-12-3/h7,11H,4-6H2,1-3H3. The zero-order chi connectivity index (χ0) is 9.68. The zero-order valence-corrected chi connectivity index (χ0v) is 8.52. The van der Waals surface area contributed by atoms with Crippen LogP contribution in [0.15, 0.2) is 6.20 Å². The van der Waals surface area contributed by atoms with E-state index in [1.165, 1.54) is 11.3 Å². The van der Waals surface area contributed by atoms with E-state index < -0.39 is 0 Å². The highest BCUT2D eigenvalue weighted by Crippen LogP contribution is 2.19. The van der Waals surface area contributed by atoms with E-state index in [9.17, 15) is 0 Å². The Morgan fingerprint density at radius 2 is 2.08 bits per heavy atom. The molecule has 1 rings (SSSR count). The number of ether oxygens (including phenoxy) is 2. The maximum absolute atomic E-state index is 5.55. The van der Waals surface area contributed by atoms with Gasteiger partial charge in [-0.1, -0.05) is 0 Å². The van der Waals surface area contributed by atoms with Gasteiger partial charge in [0.15, 0.2) is 0 Å². The second kappa shape index (κ2) is 4.92. The molecule has 3 nitrogen and oxygen atoms in total. The summed E-state index contributed by atoms with van der Waals surface area (Å²) >= 11 is 0. The Bertz CT molecular complexity index is 255. The van der Waals surface area contributed by atoms with Crippen molar-refractivity contribution < 1.29 is 9.47 Å². The van der Waals surface area contributed by atoms with E-state index in [4.69, 9.17) is 9.47 Å². The van der Waals surface area contributed by atoms with Crippen molar-refractivity contribution in [1.82, 2.24) is 4.98 Å². The Hall–Kier alpha value is -0.960. The van der Waals surface area contributed by atoms with E-state index in [1.807, 2.05) is 13.1 Å². The maximum atomic E-state index is 5.55. The van der Waals surface area contributed by atoms with Crippen LogP contribution in [-0.2, 0) is 4.74 Å². The molecule has 0 spiro atoms. The van der Waals surface area contributed by atoms with Gasteiger partial charge in [0.1, 0.15) is 5.75 Å². The van der Waals surface area contributed by atoms with Gasteiger partial charge in [0.25, 0.3) is 0 Å². The minimum Gasteiger partial charge on any atom is -0.492 e. The van der Waals surface area contributed by atoms with Gasteiger partial charge in [-0.05, 0) is 13.8 Å². The zero-order valence-electron chi connectivity index (χ0n) is 8.52. The topological polar surface area (TPSA) is 34.2 Å². The highest BCUT2D eigenvalue weighted by Gasteiger charge is 2.03. The van der Waals surface area contributed by atoms with Gasteiger partial charge < -0.3 is 14.5 Å². The SMILES string of the molecule is COCCCOc1c[nH]c(C)c1C. The molecule has 0 radical (unpaired) electrons. The average Bonchev–Trinajstić information content (AvgIpc) is 2.43. The van der Waals surface area contributed by atoms with Crippen LogP contribution in [0, 0.1) is 13.8 Å². The Morgan fingerprint density at radius 3 is 2.62 bits per heavy atom. The molecule has 13 heavy (non-hydrogen) atoms. The van der Waals surface area contributed by atoms with E-state index in [0.29, 0.717) is 6.61 Å². The lowest BCUT2D eigenvalue weighted by molar-refractivity contribution is 0.172. The van der Waals surface area contributed by atoms with Gasteiger partial charge in [-0.15, -0.1) is 0 Å². The highest BCUT2D eigenvalue weighted by molar-refractivity contribution is 5.34.